The van der Waals surface area contributed by atoms with E-state index >= 15 is 0 Å². The van der Waals surface area contributed by atoms with E-state index in [1.54, 1.807) is 18.4 Å². The minimum atomic E-state index is 0.500. The molecule has 0 saturated heterocycles. The molecule has 0 unspecified atom stereocenters. The minimum Gasteiger partial charge on any atom is -0.480 e. The Morgan fingerprint density at radius 2 is 2.38 bits per heavy atom. The molecule has 82 valence electrons. The summed E-state index contributed by atoms with van der Waals surface area (Å²) in [5, 5.41) is 1.96. The van der Waals surface area contributed by atoms with Crippen molar-refractivity contribution in [2.75, 3.05) is 20.3 Å². The minimum absolute atomic E-state index is 0.500. The van der Waals surface area contributed by atoms with Crippen LogP contribution in [0, 0.1) is 0 Å². The van der Waals surface area contributed by atoms with Crippen molar-refractivity contribution in [1.82, 2.24) is 9.97 Å². The summed E-state index contributed by atoms with van der Waals surface area (Å²) in [6.07, 6.45) is 0. The fraction of sp³-hybridized carbons (Fsp3) is 0.300. The van der Waals surface area contributed by atoms with Gasteiger partial charge in [0.05, 0.1) is 19.2 Å². The van der Waals surface area contributed by atoms with Gasteiger partial charge in [0.2, 0.25) is 11.7 Å². The predicted octanol–water partition coefficient (Wildman–Crippen LogP) is 1.48. The molecule has 0 fully saturated rings. The highest BCUT2D eigenvalue weighted by Crippen LogP contribution is 2.27. The predicted molar refractivity (Wildman–Crippen MR) is 61.3 cm³/mol. The molecule has 0 aromatic carbocycles. The van der Waals surface area contributed by atoms with Crippen LogP contribution in [0.5, 0.6) is 5.88 Å². The fourth-order valence-electron chi connectivity index (χ4n) is 1.54. The van der Waals surface area contributed by atoms with E-state index in [-0.39, 0.29) is 0 Å². The molecule has 0 aliphatic carbocycles. The first-order chi connectivity index (χ1) is 7.88. The Labute approximate surface area is 95.8 Å². The van der Waals surface area contributed by atoms with Crippen LogP contribution in [0.15, 0.2) is 16.4 Å². The summed E-state index contributed by atoms with van der Waals surface area (Å²) >= 11 is 1.56. The van der Waals surface area contributed by atoms with Crippen LogP contribution in [0.2, 0.25) is 0 Å². The molecule has 2 aromatic rings. The van der Waals surface area contributed by atoms with Crippen LogP contribution in [0.25, 0.3) is 10.2 Å². The molecule has 1 aliphatic rings. The van der Waals surface area contributed by atoms with Crippen molar-refractivity contribution in [2.45, 2.75) is 0 Å². The normalized spacial score (nSPS) is 14.9. The van der Waals surface area contributed by atoms with Gasteiger partial charge in [-0.15, -0.1) is 11.3 Å². The second-order valence-electron chi connectivity index (χ2n) is 3.23. The lowest BCUT2D eigenvalue weighted by Crippen LogP contribution is -2.07. The average Bonchev–Trinajstić information content (AvgIpc) is 2.97. The van der Waals surface area contributed by atoms with E-state index in [1.165, 1.54) is 0 Å². The van der Waals surface area contributed by atoms with Crippen LogP contribution in [0.1, 0.15) is 5.82 Å². The second kappa shape index (κ2) is 3.71. The van der Waals surface area contributed by atoms with Crippen LogP contribution >= 0.6 is 11.3 Å². The maximum atomic E-state index is 5.34. The molecule has 0 spiro atoms. The Morgan fingerprint density at radius 1 is 1.44 bits per heavy atom. The third kappa shape index (κ3) is 1.42. The molecule has 0 atom stereocenters. The summed E-state index contributed by atoms with van der Waals surface area (Å²) in [6, 6.07) is 1.93. The first kappa shape index (κ1) is 9.53. The van der Waals surface area contributed by atoms with Crippen molar-refractivity contribution in [3.63, 3.8) is 0 Å². The zero-order valence-electron chi connectivity index (χ0n) is 8.64. The summed E-state index contributed by atoms with van der Waals surface area (Å²) in [5.41, 5.74) is 0.866. The third-order valence-corrected chi connectivity index (χ3v) is 3.13. The van der Waals surface area contributed by atoms with Gasteiger partial charge in [-0.05, 0) is 11.4 Å². The molecular formula is C10H9N3O2S. The number of thiophene rings is 1. The molecule has 0 amide bonds. The van der Waals surface area contributed by atoms with Crippen LogP contribution < -0.4 is 4.74 Å². The average molecular weight is 235 g/mol. The molecule has 0 radical (unpaired) electrons. The van der Waals surface area contributed by atoms with Gasteiger partial charge in [0.1, 0.15) is 11.3 Å². The molecule has 0 bridgehead atoms. The summed E-state index contributed by atoms with van der Waals surface area (Å²) in [7, 11) is 1.60. The highest BCUT2D eigenvalue weighted by atomic mass is 32.1. The van der Waals surface area contributed by atoms with Crippen molar-refractivity contribution >= 4 is 27.5 Å². The van der Waals surface area contributed by atoms with Crippen LogP contribution in [0.4, 0.5) is 0 Å². The number of fused-ring (bicyclic) bond motifs is 1. The van der Waals surface area contributed by atoms with Gasteiger partial charge in [0, 0.05) is 0 Å². The van der Waals surface area contributed by atoms with E-state index < -0.39 is 0 Å². The van der Waals surface area contributed by atoms with Crippen LogP contribution in [0.3, 0.4) is 0 Å². The first-order valence-electron chi connectivity index (χ1n) is 4.85. The standard InChI is InChI=1S/C10H9N3O2S/c1-14-9-7-6(2-5-16-7)12-8(13-9)10-11-3-4-15-10/h2,5H,3-4H2,1H3. The van der Waals surface area contributed by atoms with E-state index in [1.807, 2.05) is 11.4 Å². The Kier molecular flexibility index (Phi) is 2.21. The number of rotatable bonds is 2. The number of methoxy groups -OCH3 is 1. The van der Waals surface area contributed by atoms with E-state index in [2.05, 4.69) is 15.0 Å². The molecule has 6 heteroatoms. The third-order valence-electron chi connectivity index (χ3n) is 2.24. The Balaban J connectivity index is 2.18. The zero-order chi connectivity index (χ0) is 11.0. The van der Waals surface area contributed by atoms with Gasteiger partial charge in [-0.2, -0.15) is 4.98 Å². The molecule has 3 rings (SSSR count). The van der Waals surface area contributed by atoms with Crippen molar-refractivity contribution in [3.8, 4) is 5.88 Å². The topological polar surface area (TPSA) is 56.6 Å². The lowest BCUT2D eigenvalue weighted by molar-refractivity contribution is 0.345. The van der Waals surface area contributed by atoms with E-state index in [0.29, 0.717) is 30.8 Å². The smallest absolute Gasteiger partial charge is 0.255 e. The van der Waals surface area contributed by atoms with Crippen molar-refractivity contribution in [2.24, 2.45) is 4.99 Å². The number of hydrogen-bond donors (Lipinski definition) is 0. The summed E-state index contributed by atoms with van der Waals surface area (Å²) < 4.78 is 11.5. The largest absolute Gasteiger partial charge is 0.480 e. The SMILES string of the molecule is COc1nc(C2=NCCO2)nc2ccsc12. The molecular weight excluding hydrogens is 226 g/mol. The number of nitrogens with zero attached hydrogens (tertiary/aromatic N) is 3. The monoisotopic (exact) mass is 235 g/mol. The summed E-state index contributed by atoms with van der Waals surface area (Å²) in [4.78, 5) is 12.9. The molecule has 3 heterocycles. The lowest BCUT2D eigenvalue weighted by Gasteiger charge is -2.04. The number of aliphatic imine (C=N–C) groups is 1. The van der Waals surface area contributed by atoms with Gasteiger partial charge >= 0.3 is 0 Å². The van der Waals surface area contributed by atoms with Crippen molar-refractivity contribution < 1.29 is 9.47 Å². The van der Waals surface area contributed by atoms with Crippen LogP contribution in [-0.4, -0.2) is 36.1 Å². The van der Waals surface area contributed by atoms with E-state index in [4.69, 9.17) is 9.47 Å². The van der Waals surface area contributed by atoms with Crippen molar-refractivity contribution in [1.29, 1.82) is 0 Å². The Bertz CT molecular complexity index is 564. The molecule has 0 N–H and O–H groups in total. The maximum absolute atomic E-state index is 5.34. The van der Waals surface area contributed by atoms with Gasteiger partial charge in [-0.25, -0.2) is 9.98 Å². The quantitative estimate of drug-likeness (QED) is 0.791. The fourth-order valence-corrected chi connectivity index (χ4v) is 2.34. The van der Waals surface area contributed by atoms with Crippen LogP contribution in [-0.2, 0) is 4.74 Å². The van der Waals surface area contributed by atoms with Crippen molar-refractivity contribution in [3.05, 3.63) is 17.3 Å². The summed E-state index contributed by atoms with van der Waals surface area (Å²) in [5.74, 6) is 1.58. The highest BCUT2D eigenvalue weighted by molar-refractivity contribution is 7.17. The molecule has 16 heavy (non-hydrogen) atoms. The molecule has 1 aliphatic heterocycles. The molecule has 2 aromatic heterocycles. The van der Waals surface area contributed by atoms with Gasteiger partial charge in [-0.1, -0.05) is 0 Å². The zero-order valence-corrected chi connectivity index (χ0v) is 9.45. The molecule has 5 nitrogen and oxygen atoms in total. The second-order valence-corrected chi connectivity index (χ2v) is 4.14. The first-order valence-corrected chi connectivity index (χ1v) is 5.73. The van der Waals surface area contributed by atoms with Gasteiger partial charge < -0.3 is 9.47 Å². The van der Waals surface area contributed by atoms with Gasteiger partial charge in [0.25, 0.3) is 5.90 Å². The van der Waals surface area contributed by atoms with Gasteiger partial charge in [-0.3, -0.25) is 0 Å². The number of hydrogen-bond acceptors (Lipinski definition) is 6. The van der Waals surface area contributed by atoms with E-state index in [9.17, 15) is 0 Å². The Morgan fingerprint density at radius 3 is 3.12 bits per heavy atom. The van der Waals surface area contributed by atoms with Gasteiger partial charge in [0.15, 0.2) is 0 Å². The Hall–Kier alpha value is -1.69. The van der Waals surface area contributed by atoms with E-state index in [0.717, 1.165) is 10.2 Å². The summed E-state index contributed by atoms with van der Waals surface area (Å²) in [6.45, 7) is 1.27. The maximum Gasteiger partial charge on any atom is 0.255 e. The number of aromatic nitrogens is 2. The molecule has 0 saturated carbocycles. The highest BCUT2D eigenvalue weighted by Gasteiger charge is 2.17. The lowest BCUT2D eigenvalue weighted by atomic mass is 10.4. The number of ether oxygens (including phenoxy) is 2.